The van der Waals surface area contributed by atoms with Crippen LogP contribution in [0.1, 0.15) is 35.8 Å². The van der Waals surface area contributed by atoms with E-state index in [1.54, 1.807) is 18.2 Å². The Bertz CT molecular complexity index is 1110. The van der Waals surface area contributed by atoms with E-state index < -0.39 is 17.9 Å². The summed E-state index contributed by atoms with van der Waals surface area (Å²) in [5.41, 5.74) is 7.89. The van der Waals surface area contributed by atoms with Gasteiger partial charge in [-0.1, -0.05) is 23.8 Å². The van der Waals surface area contributed by atoms with Crippen LogP contribution in [0.15, 0.2) is 66.7 Å². The van der Waals surface area contributed by atoms with E-state index in [1.165, 1.54) is 6.92 Å². The number of aromatic nitrogens is 1. The standard InChI is InChI=1S/C25H25N3O4/c1-16-6-10-19(11-7-16)32-20-12-8-18(9-13-20)22-4-3-5-23(27-22)25(31)28-21(17(2)29)14-15-24(26)30/h3-13,21H,14-15H2,1-2H3,(H2,26,30)(H,28,31)/t21-/m0/s1. The summed E-state index contributed by atoms with van der Waals surface area (Å²) >= 11 is 0. The average Bonchev–Trinajstić information content (AvgIpc) is 2.78. The molecule has 2 aromatic carbocycles. The predicted octanol–water partition coefficient (Wildman–Crippen LogP) is 3.80. The Labute approximate surface area is 186 Å². The van der Waals surface area contributed by atoms with Crippen LogP contribution in [0.25, 0.3) is 11.3 Å². The Morgan fingerprint density at radius 2 is 1.59 bits per heavy atom. The van der Waals surface area contributed by atoms with Gasteiger partial charge in [0.15, 0.2) is 5.78 Å². The van der Waals surface area contributed by atoms with Crippen LogP contribution in [-0.4, -0.2) is 28.6 Å². The highest BCUT2D eigenvalue weighted by Gasteiger charge is 2.19. The third-order valence-corrected chi connectivity index (χ3v) is 4.86. The Balaban J connectivity index is 1.70. The fourth-order valence-electron chi connectivity index (χ4n) is 3.05. The number of ketones is 1. The maximum atomic E-state index is 12.6. The second-order valence-corrected chi connectivity index (χ2v) is 7.49. The monoisotopic (exact) mass is 431 g/mol. The van der Waals surface area contributed by atoms with Gasteiger partial charge in [-0.2, -0.15) is 0 Å². The average molecular weight is 431 g/mol. The minimum Gasteiger partial charge on any atom is -0.457 e. The number of nitrogens with one attached hydrogen (secondary N) is 1. The van der Waals surface area contributed by atoms with E-state index in [1.807, 2.05) is 55.5 Å². The van der Waals surface area contributed by atoms with Crippen molar-refractivity contribution in [3.63, 3.8) is 0 Å². The van der Waals surface area contributed by atoms with Gasteiger partial charge < -0.3 is 15.8 Å². The van der Waals surface area contributed by atoms with E-state index in [-0.39, 0.29) is 24.3 Å². The lowest BCUT2D eigenvalue weighted by molar-refractivity contribution is -0.120. The van der Waals surface area contributed by atoms with Gasteiger partial charge in [-0.25, -0.2) is 4.98 Å². The highest BCUT2D eigenvalue weighted by Crippen LogP contribution is 2.25. The topological polar surface area (TPSA) is 111 Å². The van der Waals surface area contributed by atoms with E-state index in [9.17, 15) is 14.4 Å². The number of amides is 2. The van der Waals surface area contributed by atoms with Gasteiger partial charge in [-0.15, -0.1) is 0 Å². The summed E-state index contributed by atoms with van der Waals surface area (Å²) in [4.78, 5) is 39.8. The van der Waals surface area contributed by atoms with Crippen molar-refractivity contribution in [2.45, 2.75) is 32.7 Å². The molecule has 0 aliphatic rings. The second kappa shape index (κ2) is 10.3. The summed E-state index contributed by atoms with van der Waals surface area (Å²) < 4.78 is 5.84. The van der Waals surface area contributed by atoms with Crippen molar-refractivity contribution in [2.24, 2.45) is 5.73 Å². The molecule has 3 N–H and O–H groups in total. The number of benzene rings is 2. The highest BCUT2D eigenvalue weighted by molar-refractivity contribution is 5.96. The summed E-state index contributed by atoms with van der Waals surface area (Å²) in [5.74, 6) is 0.165. The zero-order valence-corrected chi connectivity index (χ0v) is 18.0. The number of carbonyl (C=O) groups excluding carboxylic acids is 3. The van der Waals surface area contributed by atoms with Crippen LogP contribution < -0.4 is 15.8 Å². The first-order valence-corrected chi connectivity index (χ1v) is 10.2. The van der Waals surface area contributed by atoms with Gasteiger partial charge in [0.1, 0.15) is 17.2 Å². The number of nitrogens with zero attached hydrogens (tertiary/aromatic N) is 1. The van der Waals surface area contributed by atoms with Crippen LogP contribution in [0.3, 0.4) is 0 Å². The molecule has 3 rings (SSSR count). The molecule has 0 aliphatic carbocycles. The molecule has 164 valence electrons. The van der Waals surface area contributed by atoms with Crippen molar-refractivity contribution < 1.29 is 19.1 Å². The molecule has 0 saturated heterocycles. The fourth-order valence-corrected chi connectivity index (χ4v) is 3.05. The smallest absolute Gasteiger partial charge is 0.270 e. The van der Waals surface area contributed by atoms with Gasteiger partial charge in [0.05, 0.1) is 11.7 Å². The van der Waals surface area contributed by atoms with Gasteiger partial charge in [-0.3, -0.25) is 14.4 Å². The number of rotatable bonds is 9. The first kappa shape index (κ1) is 22.7. The summed E-state index contributed by atoms with van der Waals surface area (Å²) in [7, 11) is 0. The van der Waals surface area contributed by atoms with Crippen LogP contribution in [0, 0.1) is 6.92 Å². The van der Waals surface area contributed by atoms with E-state index in [0.717, 1.165) is 16.9 Å². The van der Waals surface area contributed by atoms with Crippen molar-refractivity contribution >= 4 is 17.6 Å². The number of ether oxygens (including phenoxy) is 1. The molecule has 0 unspecified atom stereocenters. The molecule has 7 heteroatoms. The zero-order chi connectivity index (χ0) is 23.1. The molecular weight excluding hydrogens is 406 g/mol. The Morgan fingerprint density at radius 1 is 0.969 bits per heavy atom. The van der Waals surface area contributed by atoms with Gasteiger partial charge in [-0.05, 0) is 68.8 Å². The molecular formula is C25H25N3O4. The highest BCUT2D eigenvalue weighted by atomic mass is 16.5. The van der Waals surface area contributed by atoms with Gasteiger partial charge >= 0.3 is 0 Å². The molecule has 0 saturated carbocycles. The predicted molar refractivity (Wildman–Crippen MR) is 121 cm³/mol. The lowest BCUT2D eigenvalue weighted by Crippen LogP contribution is -2.40. The summed E-state index contributed by atoms with van der Waals surface area (Å²) in [6.45, 7) is 3.37. The third kappa shape index (κ3) is 6.25. The molecule has 1 heterocycles. The molecule has 3 aromatic rings. The number of hydrogen-bond donors (Lipinski definition) is 2. The first-order chi connectivity index (χ1) is 15.3. The van der Waals surface area contributed by atoms with Crippen molar-refractivity contribution in [2.75, 3.05) is 0 Å². The number of pyridine rings is 1. The maximum absolute atomic E-state index is 12.6. The molecule has 0 spiro atoms. The summed E-state index contributed by atoms with van der Waals surface area (Å²) in [6.07, 6.45) is 0.160. The molecule has 32 heavy (non-hydrogen) atoms. The number of hydrogen-bond acceptors (Lipinski definition) is 5. The zero-order valence-electron chi connectivity index (χ0n) is 18.0. The summed E-state index contributed by atoms with van der Waals surface area (Å²) in [6, 6.07) is 19.5. The van der Waals surface area contributed by atoms with Crippen molar-refractivity contribution in [1.29, 1.82) is 0 Å². The number of aryl methyl sites for hydroxylation is 1. The molecule has 0 aliphatic heterocycles. The molecule has 0 bridgehead atoms. The van der Waals surface area contributed by atoms with Crippen LogP contribution in [0.2, 0.25) is 0 Å². The molecule has 0 fully saturated rings. The molecule has 2 amide bonds. The number of Topliss-reactive ketones (excluding diaryl/α,β-unsaturated/α-hetero) is 1. The van der Waals surface area contributed by atoms with Crippen molar-refractivity contribution in [3.05, 3.63) is 78.0 Å². The normalized spacial score (nSPS) is 11.4. The lowest BCUT2D eigenvalue weighted by Gasteiger charge is -2.15. The Hall–Kier alpha value is -4.00. The second-order valence-electron chi connectivity index (χ2n) is 7.49. The minimum absolute atomic E-state index is 0.00893. The number of nitrogens with two attached hydrogens (primary N) is 1. The maximum Gasteiger partial charge on any atom is 0.270 e. The van der Waals surface area contributed by atoms with Crippen LogP contribution in [0.5, 0.6) is 11.5 Å². The molecule has 0 radical (unpaired) electrons. The van der Waals surface area contributed by atoms with Crippen LogP contribution >= 0.6 is 0 Å². The van der Waals surface area contributed by atoms with Gasteiger partial charge in [0.2, 0.25) is 5.91 Å². The van der Waals surface area contributed by atoms with E-state index in [4.69, 9.17) is 10.5 Å². The van der Waals surface area contributed by atoms with E-state index in [0.29, 0.717) is 11.4 Å². The van der Waals surface area contributed by atoms with Crippen molar-refractivity contribution in [3.8, 4) is 22.8 Å². The van der Waals surface area contributed by atoms with Gasteiger partial charge in [0.25, 0.3) is 5.91 Å². The van der Waals surface area contributed by atoms with Crippen LogP contribution in [0.4, 0.5) is 0 Å². The Morgan fingerprint density at radius 3 is 2.19 bits per heavy atom. The molecule has 1 aromatic heterocycles. The quantitative estimate of drug-likeness (QED) is 0.535. The van der Waals surface area contributed by atoms with Crippen molar-refractivity contribution in [1.82, 2.24) is 10.3 Å². The SMILES string of the molecule is CC(=O)[C@H](CCC(N)=O)NC(=O)c1cccc(-c2ccc(Oc3ccc(C)cc3)cc2)n1. The first-order valence-electron chi connectivity index (χ1n) is 10.2. The summed E-state index contributed by atoms with van der Waals surface area (Å²) in [5, 5.41) is 2.63. The molecule has 7 nitrogen and oxygen atoms in total. The minimum atomic E-state index is -0.793. The number of primary amides is 1. The van der Waals surface area contributed by atoms with E-state index >= 15 is 0 Å². The van der Waals surface area contributed by atoms with Gasteiger partial charge in [0, 0.05) is 12.0 Å². The fraction of sp³-hybridized carbons (Fsp3) is 0.200. The molecule has 1 atom stereocenters. The van der Waals surface area contributed by atoms with Crippen LogP contribution in [-0.2, 0) is 9.59 Å². The van der Waals surface area contributed by atoms with E-state index in [2.05, 4.69) is 10.3 Å². The largest absolute Gasteiger partial charge is 0.457 e. The third-order valence-electron chi connectivity index (χ3n) is 4.86. The number of carbonyl (C=O) groups is 3. The Kier molecular flexibility index (Phi) is 7.33. The lowest BCUT2D eigenvalue weighted by atomic mass is 10.1.